The standard InChI is InChI=1S/C10H19NO4/c1-6(2)8(9(12)13)11-10(5-14-10)15-7(3)4/h6,8-9,11-13H,3,5H2,1-2,4H3/t8-,10?/m0/s1. The number of nitrogens with one attached hydrogen (secondary N) is 1. The summed E-state index contributed by atoms with van der Waals surface area (Å²) in [5, 5.41) is 21.3. The monoisotopic (exact) mass is 217 g/mol. The summed E-state index contributed by atoms with van der Waals surface area (Å²) in [4.78, 5) is 0. The summed E-state index contributed by atoms with van der Waals surface area (Å²) in [6.07, 6.45) is -1.44. The zero-order valence-corrected chi connectivity index (χ0v) is 9.36. The fourth-order valence-electron chi connectivity index (χ4n) is 1.36. The van der Waals surface area contributed by atoms with Crippen LogP contribution in [0.15, 0.2) is 12.3 Å². The molecule has 5 heteroatoms. The lowest BCUT2D eigenvalue weighted by atomic mass is 10.0. The quantitative estimate of drug-likeness (QED) is 0.335. The topological polar surface area (TPSA) is 74.2 Å². The average Bonchev–Trinajstić information content (AvgIpc) is 2.79. The fourth-order valence-corrected chi connectivity index (χ4v) is 1.36. The number of rotatable bonds is 6. The molecule has 1 fully saturated rings. The molecule has 88 valence electrons. The Morgan fingerprint density at radius 1 is 1.53 bits per heavy atom. The predicted octanol–water partition coefficient (Wildman–Crippen LogP) is 0.145. The van der Waals surface area contributed by atoms with Crippen molar-refractivity contribution in [3.05, 3.63) is 12.3 Å². The van der Waals surface area contributed by atoms with Crippen molar-refractivity contribution in [3.63, 3.8) is 0 Å². The van der Waals surface area contributed by atoms with Crippen LogP contribution in [-0.2, 0) is 9.47 Å². The molecule has 15 heavy (non-hydrogen) atoms. The van der Waals surface area contributed by atoms with E-state index in [-0.39, 0.29) is 5.92 Å². The predicted molar refractivity (Wildman–Crippen MR) is 54.6 cm³/mol. The minimum atomic E-state index is -1.44. The normalized spacial score (nSPS) is 26.9. The van der Waals surface area contributed by atoms with Crippen molar-refractivity contribution in [2.75, 3.05) is 6.61 Å². The van der Waals surface area contributed by atoms with E-state index in [9.17, 15) is 0 Å². The van der Waals surface area contributed by atoms with Gasteiger partial charge >= 0.3 is 0 Å². The Kier molecular flexibility index (Phi) is 3.72. The van der Waals surface area contributed by atoms with E-state index in [1.165, 1.54) is 0 Å². The van der Waals surface area contributed by atoms with Gasteiger partial charge in [0.2, 0.25) is 0 Å². The van der Waals surface area contributed by atoms with E-state index in [0.717, 1.165) is 0 Å². The van der Waals surface area contributed by atoms with Crippen LogP contribution in [-0.4, -0.2) is 35.1 Å². The lowest BCUT2D eigenvalue weighted by Gasteiger charge is -2.27. The van der Waals surface area contributed by atoms with E-state index in [0.29, 0.717) is 12.4 Å². The second kappa shape index (κ2) is 4.49. The molecule has 0 amide bonds. The smallest absolute Gasteiger partial charge is 0.295 e. The second-order valence-electron chi connectivity index (χ2n) is 4.17. The van der Waals surface area contributed by atoms with Gasteiger partial charge in [0.05, 0.1) is 11.8 Å². The van der Waals surface area contributed by atoms with Gasteiger partial charge in [-0.25, -0.2) is 5.32 Å². The third-order valence-electron chi connectivity index (χ3n) is 2.17. The Bertz CT molecular complexity index is 228. The second-order valence-corrected chi connectivity index (χ2v) is 4.17. The molecule has 1 aliphatic heterocycles. The largest absolute Gasteiger partial charge is 0.452 e. The van der Waals surface area contributed by atoms with E-state index in [1.807, 2.05) is 13.8 Å². The van der Waals surface area contributed by atoms with Crippen LogP contribution in [0, 0.1) is 5.92 Å². The first-order valence-electron chi connectivity index (χ1n) is 4.98. The first kappa shape index (κ1) is 12.4. The van der Waals surface area contributed by atoms with Crippen molar-refractivity contribution in [1.82, 2.24) is 5.32 Å². The van der Waals surface area contributed by atoms with Gasteiger partial charge in [-0.15, -0.1) is 0 Å². The molecule has 0 aromatic carbocycles. The van der Waals surface area contributed by atoms with E-state index in [2.05, 4.69) is 11.9 Å². The first-order valence-corrected chi connectivity index (χ1v) is 4.98. The van der Waals surface area contributed by atoms with E-state index in [4.69, 9.17) is 19.7 Å². The number of aliphatic hydroxyl groups is 2. The fraction of sp³-hybridized carbons (Fsp3) is 0.800. The van der Waals surface area contributed by atoms with Crippen LogP contribution >= 0.6 is 0 Å². The number of ether oxygens (including phenoxy) is 2. The van der Waals surface area contributed by atoms with E-state index < -0.39 is 18.2 Å². The number of epoxide rings is 1. The summed E-state index contributed by atoms with van der Waals surface area (Å²) in [6, 6.07) is -0.494. The molecule has 5 nitrogen and oxygen atoms in total. The lowest BCUT2D eigenvalue weighted by molar-refractivity contribution is -0.114. The minimum absolute atomic E-state index is 0.0554. The van der Waals surface area contributed by atoms with Crippen LogP contribution in [0.3, 0.4) is 0 Å². The van der Waals surface area contributed by atoms with Crippen LogP contribution in [0.4, 0.5) is 0 Å². The molecule has 1 unspecified atom stereocenters. The maximum atomic E-state index is 9.17. The molecule has 1 aliphatic rings. The highest BCUT2D eigenvalue weighted by Crippen LogP contribution is 2.29. The molecule has 1 saturated heterocycles. The van der Waals surface area contributed by atoms with Crippen LogP contribution < -0.4 is 5.32 Å². The Labute approximate surface area is 89.7 Å². The molecule has 0 radical (unpaired) electrons. The van der Waals surface area contributed by atoms with E-state index >= 15 is 0 Å². The molecule has 0 aromatic heterocycles. The Morgan fingerprint density at radius 3 is 2.33 bits per heavy atom. The Hall–Kier alpha value is -0.620. The molecule has 3 N–H and O–H groups in total. The van der Waals surface area contributed by atoms with Gasteiger partial charge in [-0.05, 0) is 12.8 Å². The highest BCUT2D eigenvalue weighted by atomic mass is 16.8. The molecule has 0 spiro atoms. The van der Waals surface area contributed by atoms with Crippen LogP contribution in [0.2, 0.25) is 0 Å². The number of allylic oxidation sites excluding steroid dienone is 1. The third-order valence-corrected chi connectivity index (χ3v) is 2.17. The SMILES string of the molecule is C=C(C)OC1(N[C@@H](C(C)C)C(O)O)CO1. The third kappa shape index (κ3) is 3.46. The van der Waals surface area contributed by atoms with Crippen molar-refractivity contribution in [1.29, 1.82) is 0 Å². The summed E-state index contributed by atoms with van der Waals surface area (Å²) in [5.41, 5.74) is 0. The molecular formula is C10H19NO4. The van der Waals surface area contributed by atoms with Gasteiger partial charge in [0, 0.05) is 0 Å². The summed E-state index contributed by atoms with van der Waals surface area (Å²) in [6.45, 7) is 9.47. The summed E-state index contributed by atoms with van der Waals surface area (Å²) < 4.78 is 10.5. The van der Waals surface area contributed by atoms with Crippen molar-refractivity contribution in [2.24, 2.45) is 5.92 Å². The van der Waals surface area contributed by atoms with Gasteiger partial charge in [0.15, 0.2) is 6.29 Å². The van der Waals surface area contributed by atoms with Crippen LogP contribution in [0.25, 0.3) is 0 Å². The molecule has 1 heterocycles. The molecule has 1 rings (SSSR count). The number of hydrogen-bond acceptors (Lipinski definition) is 5. The minimum Gasteiger partial charge on any atom is -0.452 e. The van der Waals surface area contributed by atoms with Crippen molar-refractivity contribution >= 4 is 0 Å². The average molecular weight is 217 g/mol. The van der Waals surface area contributed by atoms with E-state index in [1.54, 1.807) is 6.92 Å². The summed E-state index contributed by atoms with van der Waals surface area (Å²) in [5.74, 6) is -0.334. The van der Waals surface area contributed by atoms with Crippen molar-refractivity contribution in [2.45, 2.75) is 39.0 Å². The lowest BCUT2D eigenvalue weighted by Crippen LogP contribution is -2.51. The molecule has 0 saturated carbocycles. The van der Waals surface area contributed by atoms with Crippen molar-refractivity contribution < 1.29 is 19.7 Å². The van der Waals surface area contributed by atoms with Gasteiger partial charge in [0.1, 0.15) is 6.61 Å². The maximum absolute atomic E-state index is 9.17. The molecule has 0 aromatic rings. The summed E-state index contributed by atoms with van der Waals surface area (Å²) >= 11 is 0. The van der Waals surface area contributed by atoms with Gasteiger partial charge < -0.3 is 19.7 Å². The van der Waals surface area contributed by atoms with Crippen molar-refractivity contribution in [3.8, 4) is 0 Å². The van der Waals surface area contributed by atoms with Crippen LogP contribution in [0.5, 0.6) is 0 Å². The zero-order chi connectivity index (χ0) is 11.6. The molecule has 0 bridgehead atoms. The zero-order valence-electron chi connectivity index (χ0n) is 9.36. The van der Waals surface area contributed by atoms with Gasteiger partial charge in [-0.1, -0.05) is 20.4 Å². The van der Waals surface area contributed by atoms with Gasteiger partial charge in [0.25, 0.3) is 5.91 Å². The molecule has 0 aliphatic carbocycles. The van der Waals surface area contributed by atoms with Gasteiger partial charge in [-0.2, -0.15) is 0 Å². The number of aliphatic hydroxyl groups excluding tert-OH is 1. The maximum Gasteiger partial charge on any atom is 0.295 e. The highest BCUT2D eigenvalue weighted by Gasteiger charge is 2.50. The van der Waals surface area contributed by atoms with Gasteiger partial charge in [-0.3, -0.25) is 0 Å². The highest BCUT2D eigenvalue weighted by molar-refractivity contribution is 4.91. The number of hydrogen-bond donors (Lipinski definition) is 3. The first-order chi connectivity index (χ1) is 6.86. The Balaban J connectivity index is 2.54. The van der Waals surface area contributed by atoms with Crippen LogP contribution in [0.1, 0.15) is 20.8 Å². The Morgan fingerprint density at radius 2 is 2.07 bits per heavy atom. The molecule has 2 atom stereocenters. The molecular weight excluding hydrogens is 198 g/mol. The summed E-state index contributed by atoms with van der Waals surface area (Å²) in [7, 11) is 0.